The second-order valence-electron chi connectivity index (χ2n) is 10.3. The number of carboxylic acids is 1. The highest BCUT2D eigenvalue weighted by atomic mass is 35.5. The van der Waals surface area contributed by atoms with Gasteiger partial charge in [0.2, 0.25) is 23.1 Å². The minimum atomic E-state index is -1.96. The van der Waals surface area contributed by atoms with Gasteiger partial charge < -0.3 is 29.1 Å². The average molecular weight is 612 g/mol. The van der Waals surface area contributed by atoms with E-state index in [0.29, 0.717) is 11.3 Å². The number of carboxylic acid groups (broad SMARTS) is 1. The quantitative estimate of drug-likeness (QED) is 0.360. The van der Waals surface area contributed by atoms with Gasteiger partial charge in [-0.05, 0) is 36.8 Å². The van der Waals surface area contributed by atoms with Crippen molar-refractivity contribution in [1.82, 2.24) is 5.32 Å². The van der Waals surface area contributed by atoms with Gasteiger partial charge in [0.1, 0.15) is 33.6 Å². The van der Waals surface area contributed by atoms with E-state index < -0.39 is 35.0 Å². The number of ether oxygens (including phenoxy) is 3. The van der Waals surface area contributed by atoms with E-state index in [-0.39, 0.29) is 74.3 Å². The number of benzene rings is 2. The number of allylic oxidation sites excluding steroid dienone is 1. The number of aromatic carboxylic acids is 1. The van der Waals surface area contributed by atoms with E-state index in [0.717, 1.165) is 0 Å². The summed E-state index contributed by atoms with van der Waals surface area (Å²) in [5, 5.41) is 12.5. The van der Waals surface area contributed by atoms with Gasteiger partial charge in [0, 0.05) is 35.2 Å². The number of Topliss-reactive ketones (excluding diaryl/α,β-unsaturated/α-hetero) is 2. The molecule has 6 rings (SSSR count). The Bertz CT molecular complexity index is 1760. The molecule has 1 amide bonds. The Balaban J connectivity index is 1.44. The summed E-state index contributed by atoms with van der Waals surface area (Å²) in [5.41, 5.74) is -1.02. The minimum absolute atomic E-state index is 0.00764. The number of rotatable bonds is 5. The first-order valence-corrected chi connectivity index (χ1v) is 13.7. The molecule has 2 N–H and O–H groups in total. The highest BCUT2D eigenvalue weighted by Crippen LogP contribution is 2.55. The molecule has 1 aromatic heterocycles. The molecule has 0 saturated heterocycles. The third-order valence-electron chi connectivity index (χ3n) is 8.01. The number of ketones is 2. The van der Waals surface area contributed by atoms with Gasteiger partial charge >= 0.3 is 5.97 Å². The summed E-state index contributed by atoms with van der Waals surface area (Å²) in [6, 6.07) is 8.84. The molecule has 42 heavy (non-hydrogen) atoms. The number of amides is 1. The summed E-state index contributed by atoms with van der Waals surface area (Å²) >= 11 is 12.9. The predicted octanol–water partition coefficient (Wildman–Crippen LogP) is 5.45. The molecule has 3 atom stereocenters. The molecule has 3 heterocycles. The molecular weight excluding hydrogens is 589 g/mol. The summed E-state index contributed by atoms with van der Waals surface area (Å²) in [6.45, 7) is 1.70. The molecule has 216 valence electrons. The van der Waals surface area contributed by atoms with Crippen LogP contribution >= 0.6 is 23.2 Å². The molecule has 12 heteroatoms. The lowest BCUT2D eigenvalue weighted by Gasteiger charge is -2.41. The molecule has 0 fully saturated rings. The molecule has 0 unspecified atom stereocenters. The topological polar surface area (TPSA) is 141 Å². The zero-order valence-corrected chi connectivity index (χ0v) is 24.0. The van der Waals surface area contributed by atoms with Crippen LogP contribution in [-0.2, 0) is 9.59 Å². The second kappa shape index (κ2) is 9.92. The molecule has 1 aliphatic carbocycles. The van der Waals surface area contributed by atoms with Gasteiger partial charge in [-0.3, -0.25) is 14.4 Å². The predicted molar refractivity (Wildman–Crippen MR) is 150 cm³/mol. The van der Waals surface area contributed by atoms with Crippen LogP contribution in [0.3, 0.4) is 0 Å². The van der Waals surface area contributed by atoms with E-state index in [4.69, 9.17) is 41.8 Å². The number of hydrogen-bond acceptors (Lipinski definition) is 8. The first-order valence-electron chi connectivity index (χ1n) is 12.9. The maximum atomic E-state index is 14.5. The van der Waals surface area contributed by atoms with Crippen molar-refractivity contribution in [2.45, 2.75) is 31.3 Å². The Labute approximate surface area is 249 Å². The number of carbonyl (C=O) groups excluding carboxylic acids is 3. The van der Waals surface area contributed by atoms with E-state index in [1.54, 1.807) is 19.1 Å². The summed E-state index contributed by atoms with van der Waals surface area (Å²) in [7, 11) is 2.79. The fourth-order valence-electron chi connectivity index (χ4n) is 5.96. The number of halogens is 2. The SMILES string of the molecule is COc1cc(OC)c2c(c1Cl)O[C@@]1(C(=O)C3=C(C[C@H]1C)NC(=O)C[C@H]3c1ccc(-c3cc(C(=O)O)ccc3Cl)o1)C2=O. The number of methoxy groups -OCH3 is 2. The molecule has 10 nitrogen and oxygen atoms in total. The summed E-state index contributed by atoms with van der Waals surface area (Å²) in [5.74, 6) is -3.35. The van der Waals surface area contributed by atoms with Crippen molar-refractivity contribution in [2.75, 3.05) is 14.2 Å². The number of nitrogens with one attached hydrogen (secondary N) is 1. The number of carbonyl (C=O) groups is 4. The maximum absolute atomic E-state index is 14.5. The molecule has 0 radical (unpaired) electrons. The zero-order chi connectivity index (χ0) is 30.1. The van der Waals surface area contributed by atoms with Crippen molar-refractivity contribution in [3.05, 3.63) is 74.6 Å². The van der Waals surface area contributed by atoms with Crippen molar-refractivity contribution in [3.63, 3.8) is 0 Å². The summed E-state index contributed by atoms with van der Waals surface area (Å²) in [4.78, 5) is 52.9. The lowest BCUT2D eigenvalue weighted by molar-refractivity contribution is -0.131. The molecule has 0 bridgehead atoms. The van der Waals surface area contributed by atoms with E-state index in [1.165, 1.54) is 38.5 Å². The van der Waals surface area contributed by atoms with Gasteiger partial charge in [-0.2, -0.15) is 0 Å². The van der Waals surface area contributed by atoms with Crippen LogP contribution in [0.4, 0.5) is 0 Å². The van der Waals surface area contributed by atoms with Gasteiger partial charge in [-0.15, -0.1) is 0 Å². The molecule has 2 aromatic carbocycles. The van der Waals surface area contributed by atoms with Gasteiger partial charge in [0.05, 0.1) is 30.7 Å². The van der Waals surface area contributed by atoms with Crippen molar-refractivity contribution in [2.24, 2.45) is 5.92 Å². The fourth-order valence-corrected chi connectivity index (χ4v) is 6.44. The van der Waals surface area contributed by atoms with Crippen LogP contribution in [0.1, 0.15) is 52.2 Å². The Hall–Kier alpha value is -4.28. The Morgan fingerprint density at radius 3 is 2.45 bits per heavy atom. The van der Waals surface area contributed by atoms with Gasteiger partial charge in [0.15, 0.2) is 5.75 Å². The smallest absolute Gasteiger partial charge is 0.335 e. The molecule has 0 saturated carbocycles. The monoisotopic (exact) mass is 611 g/mol. The highest BCUT2D eigenvalue weighted by Gasteiger charge is 2.63. The van der Waals surface area contributed by atoms with Crippen LogP contribution < -0.4 is 19.5 Å². The molecule has 1 spiro atoms. The third kappa shape index (κ3) is 3.93. The molecule has 3 aliphatic rings. The molecular formula is C30H23Cl2NO9. The van der Waals surface area contributed by atoms with Crippen molar-refractivity contribution in [3.8, 4) is 28.6 Å². The Morgan fingerprint density at radius 2 is 1.76 bits per heavy atom. The van der Waals surface area contributed by atoms with E-state index >= 15 is 0 Å². The largest absolute Gasteiger partial charge is 0.496 e. The highest BCUT2D eigenvalue weighted by molar-refractivity contribution is 6.36. The summed E-state index contributed by atoms with van der Waals surface area (Å²) in [6.07, 6.45) is 0.0179. The van der Waals surface area contributed by atoms with Crippen LogP contribution in [0.2, 0.25) is 10.0 Å². The van der Waals surface area contributed by atoms with Crippen LogP contribution in [0.25, 0.3) is 11.3 Å². The maximum Gasteiger partial charge on any atom is 0.335 e. The first-order chi connectivity index (χ1) is 20.0. The van der Waals surface area contributed by atoms with Crippen LogP contribution in [0.15, 0.2) is 52.1 Å². The molecule has 3 aromatic rings. The van der Waals surface area contributed by atoms with Gasteiger partial charge in [-0.1, -0.05) is 30.1 Å². The average Bonchev–Trinajstić information content (AvgIpc) is 3.56. The standard InChI is InChI=1S/C30H23Cl2NO9/c1-12-8-17-23(27(35)30(12)28(36)24-20(39-2)11-21(40-3)25(32)26(24)42-30)15(10-22(34)33-17)19-7-6-18(41-19)14-9-13(29(37)38)4-5-16(14)31/h4-7,9,11-12,15H,8,10H2,1-3H3,(H,33,34)(H,37,38)/t12-,15+,30+/m1/s1. The van der Waals surface area contributed by atoms with Crippen LogP contribution in [-0.4, -0.2) is 48.4 Å². The number of furan rings is 1. The molecule has 2 aliphatic heterocycles. The zero-order valence-electron chi connectivity index (χ0n) is 22.5. The van der Waals surface area contributed by atoms with Crippen LogP contribution in [0.5, 0.6) is 17.2 Å². The summed E-state index contributed by atoms with van der Waals surface area (Å²) < 4.78 is 23.1. The normalized spacial score (nSPS) is 22.9. The van der Waals surface area contributed by atoms with Crippen LogP contribution in [0, 0.1) is 5.92 Å². The third-order valence-corrected chi connectivity index (χ3v) is 8.69. The Kier molecular flexibility index (Phi) is 6.58. The van der Waals surface area contributed by atoms with Crippen molar-refractivity contribution < 1.29 is 42.9 Å². The number of hydrogen-bond donors (Lipinski definition) is 2. The lowest BCUT2D eigenvalue weighted by Crippen LogP contribution is -2.59. The minimum Gasteiger partial charge on any atom is -0.496 e. The lowest BCUT2D eigenvalue weighted by atomic mass is 9.67. The second-order valence-corrected chi connectivity index (χ2v) is 11.1. The van der Waals surface area contributed by atoms with E-state index in [1.807, 2.05) is 0 Å². The van der Waals surface area contributed by atoms with Gasteiger partial charge in [-0.25, -0.2) is 4.79 Å². The fraction of sp³-hybridized carbons (Fsp3) is 0.267. The van der Waals surface area contributed by atoms with E-state index in [9.17, 15) is 24.3 Å². The van der Waals surface area contributed by atoms with Gasteiger partial charge in [0.25, 0.3) is 0 Å². The van der Waals surface area contributed by atoms with E-state index in [2.05, 4.69) is 5.32 Å². The van der Waals surface area contributed by atoms with Crippen molar-refractivity contribution in [1.29, 1.82) is 0 Å². The first kappa shape index (κ1) is 27.9. The Morgan fingerprint density at radius 1 is 1.02 bits per heavy atom. The van der Waals surface area contributed by atoms with Crippen molar-refractivity contribution >= 4 is 46.6 Å². The number of fused-ring (bicyclic) bond motifs is 1.